The van der Waals surface area contributed by atoms with Gasteiger partial charge in [0.2, 0.25) is 5.91 Å². The lowest BCUT2D eigenvalue weighted by molar-refractivity contribution is -0.120. The maximum absolute atomic E-state index is 12.5. The van der Waals surface area contributed by atoms with E-state index >= 15 is 0 Å². The predicted octanol–water partition coefficient (Wildman–Crippen LogP) is 0.585. The normalized spacial score (nSPS) is 21.2. The molecule has 2 fully saturated rings. The SMILES string of the molecule is CN=C(NCC(O)C1CCCCC1)N1CCN(c2cnn(C)c2)C(=O)C1. The van der Waals surface area contributed by atoms with Crippen molar-refractivity contribution in [1.82, 2.24) is 20.0 Å². The first-order chi connectivity index (χ1) is 12.6. The van der Waals surface area contributed by atoms with E-state index in [1.54, 1.807) is 22.8 Å². The third-order valence-electron chi connectivity index (χ3n) is 5.40. The Morgan fingerprint density at radius 2 is 2.15 bits per heavy atom. The number of amides is 1. The standard InChI is InChI=1S/C18H30N6O2/c1-19-18(20-11-16(25)14-6-4-3-5-7-14)23-8-9-24(17(26)13-23)15-10-21-22(2)12-15/h10,12,14,16,25H,3-9,11,13H2,1-2H3,(H,19,20). The number of nitrogens with zero attached hydrogens (tertiary/aromatic N) is 5. The Hall–Kier alpha value is -2.09. The lowest BCUT2D eigenvalue weighted by atomic mass is 9.85. The van der Waals surface area contributed by atoms with Crippen molar-refractivity contribution in [1.29, 1.82) is 0 Å². The van der Waals surface area contributed by atoms with Crippen molar-refractivity contribution in [3.63, 3.8) is 0 Å². The van der Waals surface area contributed by atoms with Crippen LogP contribution in [0.4, 0.5) is 5.69 Å². The number of aliphatic hydroxyl groups excluding tert-OH is 1. The Bertz CT molecular complexity index is 637. The van der Waals surface area contributed by atoms with E-state index in [0.29, 0.717) is 31.5 Å². The van der Waals surface area contributed by atoms with Crippen molar-refractivity contribution in [3.05, 3.63) is 12.4 Å². The first-order valence-corrected chi connectivity index (χ1v) is 9.51. The lowest BCUT2D eigenvalue weighted by Gasteiger charge is -2.36. The maximum Gasteiger partial charge on any atom is 0.246 e. The monoisotopic (exact) mass is 362 g/mol. The first kappa shape index (κ1) is 18.7. The van der Waals surface area contributed by atoms with E-state index in [0.717, 1.165) is 18.5 Å². The average molecular weight is 362 g/mol. The Morgan fingerprint density at radius 1 is 1.38 bits per heavy atom. The number of hydrogen-bond donors (Lipinski definition) is 2. The van der Waals surface area contributed by atoms with E-state index < -0.39 is 0 Å². The minimum atomic E-state index is -0.362. The highest BCUT2D eigenvalue weighted by Gasteiger charge is 2.28. The molecule has 0 spiro atoms. The molecular formula is C18H30N6O2. The van der Waals surface area contributed by atoms with Crippen LogP contribution < -0.4 is 10.2 Å². The highest BCUT2D eigenvalue weighted by Crippen LogP contribution is 2.26. The van der Waals surface area contributed by atoms with Gasteiger partial charge in [0, 0.05) is 39.9 Å². The number of nitrogens with one attached hydrogen (secondary N) is 1. The summed E-state index contributed by atoms with van der Waals surface area (Å²) in [7, 11) is 3.56. The molecule has 8 nitrogen and oxygen atoms in total. The summed E-state index contributed by atoms with van der Waals surface area (Å²) < 4.78 is 1.70. The van der Waals surface area contributed by atoms with Gasteiger partial charge in [-0.15, -0.1) is 0 Å². The van der Waals surface area contributed by atoms with Gasteiger partial charge in [0.1, 0.15) is 6.54 Å². The number of hydrogen-bond acceptors (Lipinski definition) is 4. The Labute approximate surface area is 154 Å². The van der Waals surface area contributed by atoms with Gasteiger partial charge in [-0.1, -0.05) is 19.3 Å². The van der Waals surface area contributed by atoms with Crippen molar-refractivity contribution in [2.45, 2.75) is 38.2 Å². The summed E-state index contributed by atoms with van der Waals surface area (Å²) in [4.78, 5) is 20.5. The van der Waals surface area contributed by atoms with Crippen molar-refractivity contribution in [2.75, 3.05) is 38.1 Å². The van der Waals surface area contributed by atoms with Crippen LogP contribution >= 0.6 is 0 Å². The Balaban J connectivity index is 1.52. The highest BCUT2D eigenvalue weighted by atomic mass is 16.3. The van der Waals surface area contributed by atoms with Crippen LogP contribution in [0, 0.1) is 5.92 Å². The van der Waals surface area contributed by atoms with E-state index in [1.807, 2.05) is 18.1 Å². The molecule has 1 aliphatic heterocycles. The quantitative estimate of drug-likeness (QED) is 0.605. The van der Waals surface area contributed by atoms with Crippen LogP contribution in [-0.4, -0.2) is 71.0 Å². The minimum Gasteiger partial charge on any atom is -0.391 e. The highest BCUT2D eigenvalue weighted by molar-refractivity contribution is 5.98. The van der Waals surface area contributed by atoms with E-state index in [1.165, 1.54) is 19.3 Å². The van der Waals surface area contributed by atoms with Crippen LogP contribution in [0.2, 0.25) is 0 Å². The predicted molar refractivity (Wildman–Crippen MR) is 101 cm³/mol. The molecule has 1 amide bonds. The zero-order valence-electron chi connectivity index (χ0n) is 15.8. The third-order valence-corrected chi connectivity index (χ3v) is 5.40. The number of aliphatic hydroxyl groups is 1. The number of carbonyl (C=O) groups excluding carboxylic acids is 1. The molecule has 1 aromatic rings. The second-order valence-electron chi connectivity index (χ2n) is 7.23. The zero-order chi connectivity index (χ0) is 18.5. The Morgan fingerprint density at radius 3 is 2.77 bits per heavy atom. The van der Waals surface area contributed by atoms with E-state index in [4.69, 9.17) is 0 Å². The first-order valence-electron chi connectivity index (χ1n) is 9.51. The maximum atomic E-state index is 12.5. The zero-order valence-corrected chi connectivity index (χ0v) is 15.8. The lowest BCUT2D eigenvalue weighted by Crippen LogP contribution is -2.56. The van der Waals surface area contributed by atoms with E-state index in [-0.39, 0.29) is 18.6 Å². The molecule has 2 aliphatic rings. The van der Waals surface area contributed by atoms with Crippen LogP contribution in [0.1, 0.15) is 32.1 Å². The van der Waals surface area contributed by atoms with Crippen LogP contribution in [0.5, 0.6) is 0 Å². The number of aliphatic imine (C=N–C) groups is 1. The number of rotatable bonds is 4. The van der Waals surface area contributed by atoms with Gasteiger partial charge in [-0.3, -0.25) is 14.5 Å². The molecule has 2 N–H and O–H groups in total. The van der Waals surface area contributed by atoms with Crippen LogP contribution in [-0.2, 0) is 11.8 Å². The number of aromatic nitrogens is 2. The van der Waals surface area contributed by atoms with Crippen LogP contribution in [0.25, 0.3) is 0 Å². The van der Waals surface area contributed by atoms with Gasteiger partial charge >= 0.3 is 0 Å². The second-order valence-corrected chi connectivity index (χ2v) is 7.23. The van der Waals surface area contributed by atoms with Gasteiger partial charge in [-0.05, 0) is 18.8 Å². The summed E-state index contributed by atoms with van der Waals surface area (Å²) in [5, 5.41) is 17.8. The molecule has 144 valence electrons. The second kappa shape index (κ2) is 8.53. The largest absolute Gasteiger partial charge is 0.391 e. The fourth-order valence-corrected chi connectivity index (χ4v) is 3.89. The number of anilines is 1. The molecular weight excluding hydrogens is 332 g/mol. The number of carbonyl (C=O) groups is 1. The van der Waals surface area contributed by atoms with Gasteiger partial charge in [0.25, 0.3) is 0 Å². The third kappa shape index (κ3) is 4.35. The molecule has 1 atom stereocenters. The van der Waals surface area contributed by atoms with Crippen LogP contribution in [0.15, 0.2) is 17.4 Å². The molecule has 0 bridgehead atoms. The molecule has 2 heterocycles. The van der Waals surface area contributed by atoms with Gasteiger partial charge in [-0.25, -0.2) is 0 Å². The summed E-state index contributed by atoms with van der Waals surface area (Å²) in [5.41, 5.74) is 0.827. The fraction of sp³-hybridized carbons (Fsp3) is 0.722. The van der Waals surface area contributed by atoms with Crippen LogP contribution in [0.3, 0.4) is 0 Å². The van der Waals surface area contributed by atoms with Gasteiger partial charge in [-0.2, -0.15) is 5.10 Å². The van der Waals surface area contributed by atoms with E-state index in [2.05, 4.69) is 15.4 Å². The molecule has 0 radical (unpaired) electrons. The van der Waals surface area contributed by atoms with Crippen molar-refractivity contribution in [3.8, 4) is 0 Å². The molecule has 1 aromatic heterocycles. The minimum absolute atomic E-state index is 0.0278. The summed E-state index contributed by atoms with van der Waals surface area (Å²) in [6.07, 6.45) is 9.10. The summed E-state index contributed by atoms with van der Waals surface area (Å²) in [5.74, 6) is 1.08. The molecule has 26 heavy (non-hydrogen) atoms. The molecule has 8 heteroatoms. The van der Waals surface area contributed by atoms with Gasteiger partial charge < -0.3 is 20.2 Å². The number of piperazine rings is 1. The number of aryl methyl sites for hydroxylation is 1. The molecule has 1 aliphatic carbocycles. The Kier molecular flexibility index (Phi) is 6.13. The molecule has 0 aromatic carbocycles. The van der Waals surface area contributed by atoms with Crippen molar-refractivity contribution in [2.24, 2.45) is 18.0 Å². The smallest absolute Gasteiger partial charge is 0.246 e. The van der Waals surface area contributed by atoms with E-state index in [9.17, 15) is 9.90 Å². The number of guanidine groups is 1. The molecule has 1 saturated heterocycles. The summed E-state index contributed by atoms with van der Waals surface area (Å²) in [6, 6.07) is 0. The molecule has 1 unspecified atom stereocenters. The van der Waals surface area contributed by atoms with Gasteiger partial charge in [0.05, 0.1) is 18.0 Å². The van der Waals surface area contributed by atoms with Crippen molar-refractivity contribution < 1.29 is 9.90 Å². The summed E-state index contributed by atoms with van der Waals surface area (Å²) >= 11 is 0. The van der Waals surface area contributed by atoms with Gasteiger partial charge in [0.15, 0.2) is 5.96 Å². The fourth-order valence-electron chi connectivity index (χ4n) is 3.89. The topological polar surface area (TPSA) is 86.0 Å². The van der Waals surface area contributed by atoms with Crippen molar-refractivity contribution >= 4 is 17.6 Å². The summed E-state index contributed by atoms with van der Waals surface area (Å²) in [6.45, 7) is 2.04. The molecule has 1 saturated carbocycles. The average Bonchev–Trinajstić information content (AvgIpc) is 3.09. The molecule has 3 rings (SSSR count).